The first-order chi connectivity index (χ1) is 12.2. The molecule has 2 aromatic rings. The first-order valence-electron chi connectivity index (χ1n) is 8.15. The number of benzene rings is 1. The first kappa shape index (κ1) is 17.5. The predicted molar refractivity (Wildman–Crippen MR) is 95.1 cm³/mol. The lowest BCUT2D eigenvalue weighted by Crippen LogP contribution is -2.41. The van der Waals surface area contributed by atoms with Crippen molar-refractivity contribution in [2.24, 2.45) is 0 Å². The second kappa shape index (κ2) is 8.17. The lowest BCUT2D eigenvalue weighted by molar-refractivity contribution is 0.0383. The van der Waals surface area contributed by atoms with E-state index in [4.69, 9.17) is 16.3 Å². The number of hydrogen-bond donors (Lipinski definition) is 1. The number of aromatic nitrogens is 1. The number of rotatable bonds is 5. The van der Waals surface area contributed by atoms with E-state index in [0.29, 0.717) is 22.8 Å². The van der Waals surface area contributed by atoms with Crippen molar-refractivity contribution in [2.75, 3.05) is 39.4 Å². The molecule has 0 spiro atoms. The van der Waals surface area contributed by atoms with Gasteiger partial charge in [0.1, 0.15) is 11.8 Å². The maximum Gasteiger partial charge on any atom is 0.269 e. The number of amides is 1. The van der Waals surface area contributed by atoms with E-state index in [1.165, 1.54) is 0 Å². The summed E-state index contributed by atoms with van der Waals surface area (Å²) in [5, 5.41) is 12.8. The molecule has 130 valence electrons. The molecule has 1 aliphatic heterocycles. The Morgan fingerprint density at radius 2 is 1.96 bits per heavy atom. The largest absolute Gasteiger partial charge is 0.379 e. The summed E-state index contributed by atoms with van der Waals surface area (Å²) in [5.74, 6) is -0.259. The number of nitriles is 1. The Balaban J connectivity index is 1.71. The molecule has 1 amide bonds. The minimum atomic E-state index is -0.259. The second-order valence-corrected chi connectivity index (χ2v) is 6.18. The van der Waals surface area contributed by atoms with E-state index in [1.54, 1.807) is 29.0 Å². The molecule has 0 radical (unpaired) electrons. The van der Waals surface area contributed by atoms with Gasteiger partial charge in [0, 0.05) is 43.1 Å². The number of carbonyl (C=O) groups is 1. The van der Waals surface area contributed by atoms with Crippen molar-refractivity contribution in [1.82, 2.24) is 14.8 Å². The number of halogens is 1. The highest BCUT2D eigenvalue weighted by molar-refractivity contribution is 6.30. The van der Waals surface area contributed by atoms with E-state index >= 15 is 0 Å². The fourth-order valence-electron chi connectivity index (χ4n) is 2.81. The van der Waals surface area contributed by atoms with Crippen LogP contribution in [0.2, 0.25) is 5.02 Å². The Kier molecular flexibility index (Phi) is 5.71. The predicted octanol–water partition coefficient (Wildman–Crippen LogP) is 2.06. The Morgan fingerprint density at radius 1 is 1.24 bits per heavy atom. The van der Waals surface area contributed by atoms with E-state index in [1.807, 2.05) is 12.1 Å². The number of nitrogens with zero attached hydrogens (tertiary/aromatic N) is 3. The highest BCUT2D eigenvalue weighted by Gasteiger charge is 2.18. The second-order valence-electron chi connectivity index (χ2n) is 5.75. The summed E-state index contributed by atoms with van der Waals surface area (Å²) >= 11 is 5.92. The maximum atomic E-state index is 12.6. The molecule has 0 atom stereocenters. The molecule has 6 nitrogen and oxygen atoms in total. The third-order valence-electron chi connectivity index (χ3n) is 4.14. The Bertz CT molecular complexity index is 773. The van der Waals surface area contributed by atoms with Crippen LogP contribution in [0.1, 0.15) is 16.1 Å². The van der Waals surface area contributed by atoms with Gasteiger partial charge in [-0.2, -0.15) is 5.26 Å². The van der Waals surface area contributed by atoms with Crippen LogP contribution in [-0.4, -0.2) is 54.8 Å². The molecule has 0 saturated carbocycles. The summed E-state index contributed by atoms with van der Waals surface area (Å²) in [7, 11) is 0. The molecule has 1 saturated heterocycles. The zero-order chi connectivity index (χ0) is 17.6. The molecule has 0 bridgehead atoms. The van der Waals surface area contributed by atoms with Gasteiger partial charge in [-0.1, -0.05) is 11.6 Å². The molecule has 7 heteroatoms. The van der Waals surface area contributed by atoms with Crippen molar-refractivity contribution in [3.05, 3.63) is 52.8 Å². The van der Waals surface area contributed by atoms with Gasteiger partial charge in [0.05, 0.1) is 18.8 Å². The lowest BCUT2D eigenvalue weighted by Gasteiger charge is -2.26. The molecule has 2 heterocycles. The van der Waals surface area contributed by atoms with Crippen LogP contribution in [0.4, 0.5) is 0 Å². The van der Waals surface area contributed by atoms with Crippen LogP contribution in [0.3, 0.4) is 0 Å². The molecule has 1 aliphatic rings. The Morgan fingerprint density at radius 3 is 2.64 bits per heavy atom. The summed E-state index contributed by atoms with van der Waals surface area (Å²) in [6.45, 7) is 4.49. The monoisotopic (exact) mass is 358 g/mol. The summed E-state index contributed by atoms with van der Waals surface area (Å²) in [6, 6.07) is 10.9. The third-order valence-corrected chi connectivity index (χ3v) is 4.40. The zero-order valence-electron chi connectivity index (χ0n) is 13.7. The van der Waals surface area contributed by atoms with Crippen molar-refractivity contribution in [3.8, 4) is 11.8 Å². The van der Waals surface area contributed by atoms with Crippen LogP contribution in [0.15, 0.2) is 36.5 Å². The van der Waals surface area contributed by atoms with Gasteiger partial charge in [-0.25, -0.2) is 0 Å². The topological polar surface area (TPSA) is 70.3 Å². The first-order valence-corrected chi connectivity index (χ1v) is 8.52. The minimum Gasteiger partial charge on any atom is -0.379 e. The molecule has 1 aromatic heterocycles. The molecule has 25 heavy (non-hydrogen) atoms. The molecule has 1 aromatic carbocycles. The van der Waals surface area contributed by atoms with Gasteiger partial charge >= 0.3 is 0 Å². The fraction of sp³-hybridized carbons (Fsp3) is 0.333. The number of hydrogen-bond acceptors (Lipinski definition) is 4. The standard InChI is InChI=1S/C18H19ClN4O2/c19-15-1-3-16(4-2-15)23-7-5-14(13-20)17(23)18(24)21-6-8-22-9-11-25-12-10-22/h1-5,7H,6,8-12H2,(H,21,24). The zero-order valence-corrected chi connectivity index (χ0v) is 14.5. The smallest absolute Gasteiger partial charge is 0.269 e. The van der Waals surface area contributed by atoms with Gasteiger partial charge in [0.15, 0.2) is 0 Å². The van der Waals surface area contributed by atoms with E-state index in [2.05, 4.69) is 16.3 Å². The molecular weight excluding hydrogens is 340 g/mol. The molecule has 1 fully saturated rings. The normalized spacial score (nSPS) is 14.9. The van der Waals surface area contributed by atoms with Crippen molar-refractivity contribution in [2.45, 2.75) is 0 Å². The van der Waals surface area contributed by atoms with E-state index < -0.39 is 0 Å². The summed E-state index contributed by atoms with van der Waals surface area (Å²) in [5.41, 5.74) is 1.47. The van der Waals surface area contributed by atoms with Crippen LogP contribution in [-0.2, 0) is 4.74 Å². The highest BCUT2D eigenvalue weighted by Crippen LogP contribution is 2.19. The quantitative estimate of drug-likeness (QED) is 0.888. The summed E-state index contributed by atoms with van der Waals surface area (Å²) in [4.78, 5) is 14.9. The van der Waals surface area contributed by atoms with Gasteiger partial charge in [-0.3, -0.25) is 9.69 Å². The highest BCUT2D eigenvalue weighted by atomic mass is 35.5. The third kappa shape index (κ3) is 4.20. The van der Waals surface area contributed by atoms with Gasteiger partial charge in [-0.15, -0.1) is 0 Å². The average molecular weight is 359 g/mol. The molecule has 1 N–H and O–H groups in total. The SMILES string of the molecule is N#Cc1ccn(-c2ccc(Cl)cc2)c1C(=O)NCCN1CCOCC1. The number of carbonyl (C=O) groups excluding carboxylic acids is 1. The molecule has 3 rings (SSSR count). The van der Waals surface area contributed by atoms with Crippen molar-refractivity contribution >= 4 is 17.5 Å². The van der Waals surface area contributed by atoms with E-state index in [0.717, 1.165) is 38.5 Å². The van der Waals surface area contributed by atoms with Gasteiger partial charge in [0.25, 0.3) is 5.91 Å². The van der Waals surface area contributed by atoms with Gasteiger partial charge in [-0.05, 0) is 30.3 Å². The Hall–Kier alpha value is -2.33. The summed E-state index contributed by atoms with van der Waals surface area (Å²) in [6.07, 6.45) is 1.72. The maximum absolute atomic E-state index is 12.6. The van der Waals surface area contributed by atoms with Crippen LogP contribution in [0, 0.1) is 11.3 Å². The summed E-state index contributed by atoms with van der Waals surface area (Å²) < 4.78 is 7.02. The van der Waals surface area contributed by atoms with Crippen molar-refractivity contribution in [1.29, 1.82) is 5.26 Å². The number of nitrogens with one attached hydrogen (secondary N) is 1. The minimum absolute atomic E-state index is 0.259. The van der Waals surface area contributed by atoms with E-state index in [-0.39, 0.29) is 5.91 Å². The van der Waals surface area contributed by atoms with Crippen LogP contribution in [0.25, 0.3) is 5.69 Å². The lowest BCUT2D eigenvalue weighted by atomic mass is 10.2. The van der Waals surface area contributed by atoms with Gasteiger partial charge < -0.3 is 14.6 Å². The van der Waals surface area contributed by atoms with Crippen LogP contribution in [0.5, 0.6) is 0 Å². The molecule has 0 unspecified atom stereocenters. The average Bonchev–Trinajstić information content (AvgIpc) is 3.07. The van der Waals surface area contributed by atoms with E-state index in [9.17, 15) is 10.1 Å². The van der Waals surface area contributed by atoms with Gasteiger partial charge in [0.2, 0.25) is 0 Å². The van der Waals surface area contributed by atoms with Crippen LogP contribution < -0.4 is 5.32 Å². The van der Waals surface area contributed by atoms with Crippen molar-refractivity contribution in [3.63, 3.8) is 0 Å². The number of morpholine rings is 1. The number of ether oxygens (including phenoxy) is 1. The Labute approximate surface area is 151 Å². The van der Waals surface area contributed by atoms with Crippen molar-refractivity contribution < 1.29 is 9.53 Å². The van der Waals surface area contributed by atoms with Crippen LogP contribution >= 0.6 is 11.6 Å². The molecular formula is C18H19ClN4O2. The fourth-order valence-corrected chi connectivity index (χ4v) is 2.93. The molecule has 0 aliphatic carbocycles.